The van der Waals surface area contributed by atoms with Crippen molar-refractivity contribution in [2.45, 2.75) is 51.6 Å². The van der Waals surface area contributed by atoms with Crippen molar-refractivity contribution in [1.82, 2.24) is 4.90 Å². The van der Waals surface area contributed by atoms with Gasteiger partial charge in [-0.05, 0) is 32.7 Å². The number of likely N-dealkylation sites (tertiary alicyclic amines) is 1. The average Bonchev–Trinajstić information content (AvgIpc) is 2.25. The fourth-order valence-corrected chi connectivity index (χ4v) is 2.32. The highest BCUT2D eigenvalue weighted by Gasteiger charge is 2.24. The molecule has 0 aromatic rings. The van der Waals surface area contributed by atoms with Crippen LogP contribution in [0, 0.1) is 0 Å². The third-order valence-electron chi connectivity index (χ3n) is 3.14. The van der Waals surface area contributed by atoms with Gasteiger partial charge in [-0.25, -0.2) is 0 Å². The predicted octanol–water partition coefficient (Wildman–Crippen LogP) is 1.61. The SMILES string of the molecule is CCCOCCN1CCCCC1C(C)N. The highest BCUT2D eigenvalue weighted by atomic mass is 16.5. The normalized spacial score (nSPS) is 25.4. The summed E-state index contributed by atoms with van der Waals surface area (Å²) in [6.07, 6.45) is 5.01. The van der Waals surface area contributed by atoms with E-state index in [9.17, 15) is 0 Å². The highest BCUT2D eigenvalue weighted by Crippen LogP contribution is 2.18. The number of nitrogens with two attached hydrogens (primary N) is 1. The summed E-state index contributed by atoms with van der Waals surface area (Å²) in [6, 6.07) is 0.862. The van der Waals surface area contributed by atoms with E-state index in [1.165, 1.54) is 25.8 Å². The van der Waals surface area contributed by atoms with Crippen molar-refractivity contribution in [3.63, 3.8) is 0 Å². The summed E-state index contributed by atoms with van der Waals surface area (Å²) in [5.41, 5.74) is 6.01. The molecule has 1 rings (SSSR count). The second-order valence-electron chi connectivity index (χ2n) is 4.57. The minimum atomic E-state index is 0.288. The van der Waals surface area contributed by atoms with Crippen LogP contribution in [0.1, 0.15) is 39.5 Å². The van der Waals surface area contributed by atoms with E-state index in [2.05, 4.69) is 18.7 Å². The molecule has 0 aromatic carbocycles. The quantitative estimate of drug-likeness (QED) is 0.683. The summed E-state index contributed by atoms with van der Waals surface area (Å²) >= 11 is 0. The molecular formula is C12H26N2O. The number of piperidine rings is 1. The Balaban J connectivity index is 2.23. The van der Waals surface area contributed by atoms with E-state index in [4.69, 9.17) is 10.5 Å². The van der Waals surface area contributed by atoms with Crippen LogP contribution >= 0.6 is 0 Å². The Labute approximate surface area is 94.0 Å². The molecule has 2 N–H and O–H groups in total. The van der Waals surface area contributed by atoms with Gasteiger partial charge in [-0.15, -0.1) is 0 Å². The van der Waals surface area contributed by atoms with E-state index in [0.717, 1.165) is 26.2 Å². The van der Waals surface area contributed by atoms with Crippen LogP contribution in [0.3, 0.4) is 0 Å². The largest absolute Gasteiger partial charge is 0.380 e. The molecule has 0 spiro atoms. The molecule has 0 bridgehead atoms. The molecule has 0 aliphatic carbocycles. The maximum absolute atomic E-state index is 6.01. The fourth-order valence-electron chi connectivity index (χ4n) is 2.32. The molecule has 1 heterocycles. The van der Waals surface area contributed by atoms with Crippen LogP contribution in [0.25, 0.3) is 0 Å². The molecule has 15 heavy (non-hydrogen) atoms. The third-order valence-corrected chi connectivity index (χ3v) is 3.14. The molecule has 0 aromatic heterocycles. The molecule has 0 radical (unpaired) electrons. The van der Waals surface area contributed by atoms with Gasteiger partial charge in [0.15, 0.2) is 0 Å². The number of hydrogen-bond donors (Lipinski definition) is 1. The van der Waals surface area contributed by atoms with E-state index in [0.29, 0.717) is 6.04 Å². The third kappa shape index (κ3) is 4.49. The second kappa shape index (κ2) is 7.20. The maximum Gasteiger partial charge on any atom is 0.0593 e. The van der Waals surface area contributed by atoms with Crippen LogP contribution in [0.15, 0.2) is 0 Å². The van der Waals surface area contributed by atoms with E-state index < -0.39 is 0 Å². The summed E-state index contributed by atoms with van der Waals surface area (Å²) < 4.78 is 5.53. The standard InChI is InChI=1S/C12H26N2O/c1-3-9-15-10-8-14-7-5-4-6-12(14)11(2)13/h11-12H,3-10,13H2,1-2H3. The Morgan fingerprint density at radius 3 is 2.87 bits per heavy atom. The predicted molar refractivity (Wildman–Crippen MR) is 64.0 cm³/mol. The number of rotatable bonds is 6. The maximum atomic E-state index is 6.01. The average molecular weight is 214 g/mol. The Hall–Kier alpha value is -0.120. The first-order chi connectivity index (χ1) is 7.25. The molecule has 0 saturated carbocycles. The Bertz CT molecular complexity index is 162. The van der Waals surface area contributed by atoms with Gasteiger partial charge < -0.3 is 10.5 Å². The molecule has 1 fully saturated rings. The molecule has 2 atom stereocenters. The zero-order valence-electron chi connectivity index (χ0n) is 10.2. The Kier molecular flexibility index (Phi) is 6.22. The van der Waals surface area contributed by atoms with Crippen molar-refractivity contribution in [3.05, 3.63) is 0 Å². The summed E-state index contributed by atoms with van der Waals surface area (Å²) in [5.74, 6) is 0. The lowest BCUT2D eigenvalue weighted by atomic mass is 9.97. The van der Waals surface area contributed by atoms with Gasteiger partial charge in [-0.1, -0.05) is 13.3 Å². The molecular weight excluding hydrogens is 188 g/mol. The van der Waals surface area contributed by atoms with Gasteiger partial charge in [-0.3, -0.25) is 4.90 Å². The lowest BCUT2D eigenvalue weighted by Gasteiger charge is -2.37. The first-order valence-corrected chi connectivity index (χ1v) is 6.33. The minimum Gasteiger partial charge on any atom is -0.380 e. The van der Waals surface area contributed by atoms with E-state index in [1.54, 1.807) is 0 Å². The Morgan fingerprint density at radius 2 is 2.20 bits per heavy atom. The van der Waals surface area contributed by atoms with Crippen molar-refractivity contribution in [1.29, 1.82) is 0 Å². The topological polar surface area (TPSA) is 38.5 Å². The monoisotopic (exact) mass is 214 g/mol. The smallest absolute Gasteiger partial charge is 0.0593 e. The van der Waals surface area contributed by atoms with Crippen LogP contribution in [0.4, 0.5) is 0 Å². The van der Waals surface area contributed by atoms with Crippen LogP contribution in [-0.2, 0) is 4.74 Å². The van der Waals surface area contributed by atoms with Crippen LogP contribution in [-0.4, -0.2) is 43.3 Å². The summed E-state index contributed by atoms with van der Waals surface area (Å²) in [5, 5.41) is 0. The lowest BCUT2D eigenvalue weighted by molar-refractivity contribution is 0.0656. The molecule has 3 heteroatoms. The van der Waals surface area contributed by atoms with E-state index in [-0.39, 0.29) is 6.04 Å². The van der Waals surface area contributed by atoms with E-state index in [1.807, 2.05) is 0 Å². The van der Waals surface area contributed by atoms with Gasteiger partial charge in [-0.2, -0.15) is 0 Å². The molecule has 0 amide bonds. The minimum absolute atomic E-state index is 0.288. The van der Waals surface area contributed by atoms with Crippen LogP contribution in [0.5, 0.6) is 0 Å². The number of nitrogens with zero attached hydrogens (tertiary/aromatic N) is 1. The summed E-state index contributed by atoms with van der Waals surface area (Å²) in [6.45, 7) is 8.25. The van der Waals surface area contributed by atoms with Crippen molar-refractivity contribution in [3.8, 4) is 0 Å². The highest BCUT2D eigenvalue weighted by molar-refractivity contribution is 4.82. The molecule has 2 unspecified atom stereocenters. The van der Waals surface area contributed by atoms with Gasteiger partial charge >= 0.3 is 0 Å². The lowest BCUT2D eigenvalue weighted by Crippen LogP contribution is -2.50. The Morgan fingerprint density at radius 1 is 1.40 bits per heavy atom. The first-order valence-electron chi connectivity index (χ1n) is 6.33. The fraction of sp³-hybridized carbons (Fsp3) is 1.00. The van der Waals surface area contributed by atoms with Crippen LogP contribution < -0.4 is 5.73 Å². The van der Waals surface area contributed by atoms with Crippen molar-refractivity contribution >= 4 is 0 Å². The van der Waals surface area contributed by atoms with Gasteiger partial charge in [0.2, 0.25) is 0 Å². The van der Waals surface area contributed by atoms with Gasteiger partial charge in [0.05, 0.1) is 6.61 Å². The number of hydrogen-bond acceptors (Lipinski definition) is 3. The zero-order chi connectivity index (χ0) is 11.1. The van der Waals surface area contributed by atoms with Gasteiger partial charge in [0.25, 0.3) is 0 Å². The second-order valence-corrected chi connectivity index (χ2v) is 4.57. The summed E-state index contributed by atoms with van der Waals surface area (Å²) in [7, 11) is 0. The van der Waals surface area contributed by atoms with Crippen LogP contribution in [0.2, 0.25) is 0 Å². The van der Waals surface area contributed by atoms with Gasteiger partial charge in [0.1, 0.15) is 0 Å². The van der Waals surface area contributed by atoms with E-state index >= 15 is 0 Å². The molecule has 3 nitrogen and oxygen atoms in total. The molecule has 90 valence electrons. The van der Waals surface area contributed by atoms with Gasteiger partial charge in [0, 0.05) is 25.2 Å². The van der Waals surface area contributed by atoms with Crippen molar-refractivity contribution < 1.29 is 4.74 Å². The summed E-state index contributed by atoms with van der Waals surface area (Å²) in [4.78, 5) is 2.50. The number of ether oxygens (including phenoxy) is 1. The van der Waals surface area contributed by atoms with Crippen molar-refractivity contribution in [2.24, 2.45) is 5.73 Å². The van der Waals surface area contributed by atoms with Crippen molar-refractivity contribution in [2.75, 3.05) is 26.3 Å². The first kappa shape index (κ1) is 12.9. The molecule has 1 aliphatic rings. The zero-order valence-corrected chi connectivity index (χ0v) is 10.2. The molecule has 1 saturated heterocycles. The molecule has 1 aliphatic heterocycles.